The summed E-state index contributed by atoms with van der Waals surface area (Å²) in [7, 11) is 0. The summed E-state index contributed by atoms with van der Waals surface area (Å²) in [5.41, 5.74) is 6.79. The van der Waals surface area contributed by atoms with Crippen LogP contribution in [-0.4, -0.2) is 15.9 Å². The molecule has 0 aromatic carbocycles. The van der Waals surface area contributed by atoms with Crippen LogP contribution < -0.4 is 11.3 Å². The Labute approximate surface area is 95.3 Å². The predicted octanol–water partition coefficient (Wildman–Crippen LogP) is 1.22. The lowest BCUT2D eigenvalue weighted by Crippen LogP contribution is -2.22. The molecule has 0 spiro atoms. The molecule has 80 valence electrons. The molecule has 0 aliphatic carbocycles. The van der Waals surface area contributed by atoms with Crippen molar-refractivity contribution in [1.29, 1.82) is 0 Å². The molecule has 0 saturated carbocycles. The minimum Gasteiger partial charge on any atom is -0.330 e. The topological polar surface area (TPSA) is 60.4 Å². The van der Waals surface area contributed by atoms with Crippen LogP contribution in [0.4, 0.5) is 0 Å². The maximum atomic E-state index is 12.0. The first-order chi connectivity index (χ1) is 7.13. The van der Waals surface area contributed by atoms with Crippen molar-refractivity contribution in [3.63, 3.8) is 0 Å². The largest absolute Gasteiger partial charge is 0.330 e. The Morgan fingerprint density at radius 2 is 2.40 bits per heavy atom. The molecule has 0 aliphatic heterocycles. The summed E-state index contributed by atoms with van der Waals surface area (Å²) >= 11 is 7.12. The Balaban J connectivity index is 2.77. The lowest BCUT2D eigenvalue weighted by Gasteiger charge is -2.02. The van der Waals surface area contributed by atoms with E-state index in [0.717, 1.165) is 5.69 Å². The lowest BCUT2D eigenvalue weighted by atomic mass is 10.2. The highest BCUT2D eigenvalue weighted by Gasteiger charge is 2.10. The highest BCUT2D eigenvalue weighted by Crippen LogP contribution is 2.20. The normalized spacial score (nSPS) is 11.1. The van der Waals surface area contributed by atoms with Crippen molar-refractivity contribution in [3.05, 3.63) is 32.1 Å². The van der Waals surface area contributed by atoms with E-state index in [0.29, 0.717) is 27.8 Å². The molecule has 2 N–H and O–H groups in total. The molecule has 2 aromatic heterocycles. The van der Waals surface area contributed by atoms with Gasteiger partial charge in [0.25, 0.3) is 5.56 Å². The number of rotatable bonds is 2. The summed E-state index contributed by atoms with van der Waals surface area (Å²) in [6, 6.07) is 0. The second-order valence-electron chi connectivity index (χ2n) is 3.21. The zero-order valence-electron chi connectivity index (χ0n) is 8.16. The van der Waals surface area contributed by atoms with Gasteiger partial charge in [-0.25, -0.2) is 4.98 Å². The van der Waals surface area contributed by atoms with E-state index in [4.69, 9.17) is 17.3 Å². The summed E-state index contributed by atoms with van der Waals surface area (Å²) in [5, 5.41) is 0. The quantitative estimate of drug-likeness (QED) is 0.863. The van der Waals surface area contributed by atoms with E-state index in [2.05, 4.69) is 4.98 Å². The van der Waals surface area contributed by atoms with Gasteiger partial charge in [0.1, 0.15) is 4.34 Å². The van der Waals surface area contributed by atoms with E-state index in [-0.39, 0.29) is 5.56 Å². The Hall–Kier alpha value is -0.910. The molecule has 6 heteroatoms. The number of hydrogen-bond donors (Lipinski definition) is 1. The zero-order chi connectivity index (χ0) is 11.0. The Bertz CT molecular complexity index is 560. The lowest BCUT2D eigenvalue weighted by molar-refractivity contribution is 0.893. The molecule has 2 rings (SSSR count). The zero-order valence-corrected chi connectivity index (χ0v) is 9.73. The Morgan fingerprint density at radius 1 is 1.67 bits per heavy atom. The van der Waals surface area contributed by atoms with Gasteiger partial charge in [0, 0.05) is 17.5 Å². The molecule has 0 aliphatic rings. The average Bonchev–Trinajstić information content (AvgIpc) is 2.53. The average molecular weight is 244 g/mol. The molecular formula is C9H10ClN3OS. The van der Waals surface area contributed by atoms with Gasteiger partial charge in [0.05, 0.1) is 0 Å². The van der Waals surface area contributed by atoms with Crippen LogP contribution in [0.1, 0.15) is 11.3 Å². The maximum Gasteiger partial charge on any atom is 0.262 e. The van der Waals surface area contributed by atoms with Gasteiger partial charge in [-0.3, -0.25) is 9.20 Å². The second kappa shape index (κ2) is 3.92. The molecule has 0 atom stereocenters. The van der Waals surface area contributed by atoms with E-state index in [1.165, 1.54) is 15.7 Å². The van der Waals surface area contributed by atoms with Crippen LogP contribution in [-0.2, 0) is 6.42 Å². The SMILES string of the molecule is Cc1nc2sc(Cl)cn2c(=O)c1CCN. The number of fused-ring (bicyclic) bond motifs is 1. The predicted molar refractivity (Wildman–Crippen MR) is 61.8 cm³/mol. The highest BCUT2D eigenvalue weighted by molar-refractivity contribution is 7.20. The van der Waals surface area contributed by atoms with Crippen LogP contribution in [0.2, 0.25) is 4.34 Å². The monoisotopic (exact) mass is 243 g/mol. The summed E-state index contributed by atoms with van der Waals surface area (Å²) in [6.07, 6.45) is 2.14. The van der Waals surface area contributed by atoms with Gasteiger partial charge >= 0.3 is 0 Å². The number of aromatic nitrogens is 2. The third-order valence-electron chi connectivity index (χ3n) is 2.20. The number of thiazole rings is 1. The maximum absolute atomic E-state index is 12.0. The molecule has 0 amide bonds. The smallest absolute Gasteiger partial charge is 0.262 e. The van der Waals surface area contributed by atoms with E-state index < -0.39 is 0 Å². The van der Waals surface area contributed by atoms with Crippen LogP contribution in [0.3, 0.4) is 0 Å². The van der Waals surface area contributed by atoms with Gasteiger partial charge in [-0.2, -0.15) is 0 Å². The van der Waals surface area contributed by atoms with Crippen molar-refractivity contribution < 1.29 is 0 Å². The first-order valence-corrected chi connectivity index (χ1v) is 5.70. The number of nitrogens with zero attached hydrogens (tertiary/aromatic N) is 2. The van der Waals surface area contributed by atoms with Crippen molar-refractivity contribution >= 4 is 27.9 Å². The van der Waals surface area contributed by atoms with Crippen molar-refractivity contribution in [2.45, 2.75) is 13.3 Å². The minimum absolute atomic E-state index is 0.0638. The van der Waals surface area contributed by atoms with Gasteiger partial charge in [-0.1, -0.05) is 22.9 Å². The van der Waals surface area contributed by atoms with E-state index in [1.807, 2.05) is 6.92 Å². The first kappa shape index (κ1) is 10.6. The van der Waals surface area contributed by atoms with Crippen LogP contribution in [0, 0.1) is 6.92 Å². The van der Waals surface area contributed by atoms with Crippen molar-refractivity contribution in [2.24, 2.45) is 5.73 Å². The van der Waals surface area contributed by atoms with Crippen LogP contribution in [0.25, 0.3) is 4.96 Å². The molecule has 0 radical (unpaired) electrons. The number of aryl methyl sites for hydroxylation is 1. The van der Waals surface area contributed by atoms with Crippen molar-refractivity contribution in [2.75, 3.05) is 6.54 Å². The minimum atomic E-state index is -0.0638. The van der Waals surface area contributed by atoms with Gasteiger partial charge in [-0.15, -0.1) is 0 Å². The fourth-order valence-corrected chi connectivity index (χ4v) is 2.54. The van der Waals surface area contributed by atoms with Crippen LogP contribution in [0.5, 0.6) is 0 Å². The Morgan fingerprint density at radius 3 is 3.07 bits per heavy atom. The highest BCUT2D eigenvalue weighted by atomic mass is 35.5. The summed E-state index contributed by atoms with van der Waals surface area (Å²) in [6.45, 7) is 2.27. The molecule has 0 bridgehead atoms. The Kier molecular flexibility index (Phi) is 2.77. The van der Waals surface area contributed by atoms with Crippen LogP contribution >= 0.6 is 22.9 Å². The molecular weight excluding hydrogens is 234 g/mol. The molecule has 4 nitrogen and oxygen atoms in total. The number of halogens is 1. The van der Waals surface area contributed by atoms with Gasteiger partial charge in [-0.05, 0) is 19.9 Å². The molecule has 2 aromatic rings. The first-order valence-electron chi connectivity index (χ1n) is 4.50. The molecule has 15 heavy (non-hydrogen) atoms. The molecule has 2 heterocycles. The van der Waals surface area contributed by atoms with E-state index >= 15 is 0 Å². The summed E-state index contributed by atoms with van der Waals surface area (Å²) < 4.78 is 2.04. The van der Waals surface area contributed by atoms with Crippen LogP contribution in [0.15, 0.2) is 11.0 Å². The molecule has 0 fully saturated rings. The molecule has 0 saturated heterocycles. The number of hydrogen-bond acceptors (Lipinski definition) is 4. The number of nitrogens with two attached hydrogens (primary N) is 1. The van der Waals surface area contributed by atoms with Crippen molar-refractivity contribution in [3.8, 4) is 0 Å². The third kappa shape index (κ3) is 1.78. The van der Waals surface area contributed by atoms with Gasteiger partial charge in [0.15, 0.2) is 4.96 Å². The standard InChI is InChI=1S/C9H10ClN3OS/c1-5-6(2-3-11)8(14)13-4-7(10)15-9(13)12-5/h4H,2-3,11H2,1H3. The fraction of sp³-hybridized carbons (Fsp3) is 0.333. The fourth-order valence-electron chi connectivity index (χ4n) is 1.48. The molecule has 0 unspecified atom stereocenters. The van der Waals surface area contributed by atoms with Gasteiger partial charge < -0.3 is 5.73 Å². The third-order valence-corrected chi connectivity index (χ3v) is 3.30. The summed E-state index contributed by atoms with van der Waals surface area (Å²) in [5.74, 6) is 0. The summed E-state index contributed by atoms with van der Waals surface area (Å²) in [4.78, 5) is 16.9. The van der Waals surface area contributed by atoms with E-state index in [9.17, 15) is 4.79 Å². The van der Waals surface area contributed by atoms with E-state index in [1.54, 1.807) is 6.20 Å². The van der Waals surface area contributed by atoms with Gasteiger partial charge in [0.2, 0.25) is 0 Å². The van der Waals surface area contributed by atoms with Crippen molar-refractivity contribution in [1.82, 2.24) is 9.38 Å². The second-order valence-corrected chi connectivity index (χ2v) is 4.85.